The van der Waals surface area contributed by atoms with Crippen molar-refractivity contribution in [3.8, 4) is 22.4 Å². The largest absolute Gasteiger partial charge is 0.321 e. The Labute approximate surface area is 225 Å². The number of nitrogens with zero attached hydrogens (tertiary/aromatic N) is 3. The summed E-state index contributed by atoms with van der Waals surface area (Å²) in [6.45, 7) is 1.79. The lowest BCUT2D eigenvalue weighted by atomic mass is 10.0. The zero-order valence-electron chi connectivity index (χ0n) is 21.1. The average Bonchev–Trinajstić information content (AvgIpc) is 3.47. The van der Waals surface area contributed by atoms with E-state index in [1.807, 2.05) is 54.6 Å². The number of fused-ring (bicyclic) bond motifs is 1. The van der Waals surface area contributed by atoms with Gasteiger partial charge in [0.2, 0.25) is 0 Å². The number of benzene rings is 3. The number of nitrogens with one attached hydrogen (secondary N) is 1. The van der Waals surface area contributed by atoms with Crippen molar-refractivity contribution in [1.82, 2.24) is 14.8 Å². The Bertz CT molecular complexity index is 1820. The van der Waals surface area contributed by atoms with Gasteiger partial charge in [0.1, 0.15) is 5.82 Å². The number of pyridine rings is 1. The van der Waals surface area contributed by atoms with Gasteiger partial charge in [-0.05, 0) is 55.3 Å². The first-order valence-corrected chi connectivity index (χ1v) is 14.4. The molecule has 0 spiro atoms. The fourth-order valence-electron chi connectivity index (χ4n) is 5.13. The number of halogens is 1. The van der Waals surface area contributed by atoms with E-state index in [1.165, 1.54) is 12.1 Å². The van der Waals surface area contributed by atoms with Crippen LogP contribution in [0.2, 0.25) is 0 Å². The van der Waals surface area contributed by atoms with Gasteiger partial charge in [-0.25, -0.2) is 22.5 Å². The molecule has 1 unspecified atom stereocenters. The van der Waals surface area contributed by atoms with Crippen LogP contribution in [0.4, 0.5) is 10.1 Å². The van der Waals surface area contributed by atoms with E-state index in [2.05, 4.69) is 10.4 Å². The van der Waals surface area contributed by atoms with Crippen LogP contribution in [0, 0.1) is 12.7 Å². The molecule has 1 aliphatic rings. The molecule has 1 aliphatic heterocycles. The SMILES string of the molecule is Cc1nn(C2CCS(=O)(=O)C2)c2nc(-c3ccc(F)cc3)cc(C(=O)Nc3ccccc3-c3ccccc3)c12. The molecule has 7 nitrogen and oxygen atoms in total. The number of anilines is 1. The number of carbonyl (C=O) groups excluding carboxylic acids is 1. The van der Waals surface area contributed by atoms with E-state index in [0.29, 0.717) is 45.7 Å². The molecule has 1 amide bonds. The van der Waals surface area contributed by atoms with Crippen molar-refractivity contribution in [2.24, 2.45) is 0 Å². The molecule has 3 aromatic carbocycles. The number of rotatable bonds is 5. The molecule has 0 saturated carbocycles. The van der Waals surface area contributed by atoms with Gasteiger partial charge in [0.05, 0.1) is 39.9 Å². The summed E-state index contributed by atoms with van der Waals surface area (Å²) in [4.78, 5) is 18.7. The lowest BCUT2D eigenvalue weighted by Crippen LogP contribution is -2.15. The topological polar surface area (TPSA) is 93.9 Å². The minimum atomic E-state index is -3.18. The maximum atomic E-state index is 13.9. The summed E-state index contributed by atoms with van der Waals surface area (Å²) in [5.41, 5.74) is 4.94. The predicted molar refractivity (Wildman–Crippen MR) is 150 cm³/mol. The highest BCUT2D eigenvalue weighted by Gasteiger charge is 2.32. The van der Waals surface area contributed by atoms with E-state index >= 15 is 0 Å². The molecule has 1 atom stereocenters. The van der Waals surface area contributed by atoms with E-state index in [-0.39, 0.29) is 29.3 Å². The number of sulfone groups is 1. The van der Waals surface area contributed by atoms with Crippen molar-refractivity contribution in [3.05, 3.63) is 102 Å². The van der Waals surface area contributed by atoms with Gasteiger partial charge in [0, 0.05) is 16.8 Å². The first kappa shape index (κ1) is 24.9. The molecular weight excluding hydrogens is 515 g/mol. The monoisotopic (exact) mass is 540 g/mol. The third kappa shape index (κ3) is 4.81. The quantitative estimate of drug-likeness (QED) is 0.303. The summed E-state index contributed by atoms with van der Waals surface area (Å²) in [7, 11) is -3.18. The molecule has 0 radical (unpaired) electrons. The number of aryl methyl sites for hydroxylation is 1. The summed E-state index contributed by atoms with van der Waals surface area (Å²) in [5.74, 6) is -0.681. The zero-order chi connectivity index (χ0) is 27.1. The second-order valence-corrected chi connectivity index (χ2v) is 11.9. The number of amides is 1. The highest BCUT2D eigenvalue weighted by atomic mass is 32.2. The fourth-order valence-corrected chi connectivity index (χ4v) is 6.83. The molecule has 0 bridgehead atoms. The number of aromatic nitrogens is 3. The number of para-hydroxylation sites is 1. The Balaban J connectivity index is 1.49. The van der Waals surface area contributed by atoms with Crippen molar-refractivity contribution in [2.75, 3.05) is 16.8 Å². The van der Waals surface area contributed by atoms with Crippen molar-refractivity contribution in [3.63, 3.8) is 0 Å². The van der Waals surface area contributed by atoms with Crippen LogP contribution in [0.15, 0.2) is 84.9 Å². The fraction of sp³-hybridized carbons (Fsp3) is 0.167. The van der Waals surface area contributed by atoms with Crippen molar-refractivity contribution >= 4 is 32.5 Å². The number of hydrogen-bond donors (Lipinski definition) is 1. The van der Waals surface area contributed by atoms with E-state index in [4.69, 9.17) is 4.98 Å². The molecule has 6 rings (SSSR count). The molecule has 1 N–H and O–H groups in total. The molecule has 1 saturated heterocycles. The van der Waals surface area contributed by atoms with Crippen LogP contribution < -0.4 is 5.32 Å². The van der Waals surface area contributed by atoms with Gasteiger partial charge in [0.15, 0.2) is 15.5 Å². The van der Waals surface area contributed by atoms with Crippen LogP contribution in [0.1, 0.15) is 28.5 Å². The Morgan fingerprint density at radius 2 is 1.69 bits per heavy atom. The first-order valence-electron chi connectivity index (χ1n) is 12.6. The summed E-state index contributed by atoms with van der Waals surface area (Å²) in [6.07, 6.45) is 0.424. The molecular formula is C30H25FN4O3S. The van der Waals surface area contributed by atoms with Gasteiger partial charge in [0.25, 0.3) is 5.91 Å². The van der Waals surface area contributed by atoms with Crippen molar-refractivity contribution in [1.29, 1.82) is 0 Å². The normalized spacial score (nSPS) is 16.4. The molecule has 9 heteroatoms. The van der Waals surface area contributed by atoms with E-state index in [9.17, 15) is 17.6 Å². The van der Waals surface area contributed by atoms with Crippen LogP contribution in [-0.4, -0.2) is 40.6 Å². The summed E-state index contributed by atoms with van der Waals surface area (Å²) in [6, 6.07) is 24.5. The third-order valence-corrected chi connectivity index (χ3v) is 8.79. The van der Waals surface area contributed by atoms with Gasteiger partial charge in [-0.3, -0.25) is 4.79 Å². The van der Waals surface area contributed by atoms with E-state index in [1.54, 1.807) is 29.8 Å². The minimum Gasteiger partial charge on any atom is -0.321 e. The first-order chi connectivity index (χ1) is 18.8. The van der Waals surface area contributed by atoms with Crippen molar-refractivity contribution in [2.45, 2.75) is 19.4 Å². The smallest absolute Gasteiger partial charge is 0.256 e. The Kier molecular flexibility index (Phi) is 6.23. The van der Waals surface area contributed by atoms with Gasteiger partial charge < -0.3 is 5.32 Å². The minimum absolute atomic E-state index is 0.0301. The van der Waals surface area contributed by atoms with Crippen LogP contribution in [-0.2, 0) is 9.84 Å². The number of hydrogen-bond acceptors (Lipinski definition) is 5. The lowest BCUT2D eigenvalue weighted by molar-refractivity contribution is 0.102. The molecule has 1 fully saturated rings. The number of carbonyl (C=O) groups is 1. The van der Waals surface area contributed by atoms with Gasteiger partial charge in [-0.15, -0.1) is 0 Å². The maximum Gasteiger partial charge on any atom is 0.256 e. The summed E-state index contributed by atoms with van der Waals surface area (Å²) >= 11 is 0. The Morgan fingerprint density at radius 1 is 0.974 bits per heavy atom. The summed E-state index contributed by atoms with van der Waals surface area (Å²) in [5, 5.41) is 8.27. The molecule has 3 heterocycles. The van der Waals surface area contributed by atoms with Gasteiger partial charge in [-0.1, -0.05) is 48.5 Å². The predicted octanol–water partition coefficient (Wildman–Crippen LogP) is 5.82. The van der Waals surface area contributed by atoms with Crippen LogP contribution in [0.5, 0.6) is 0 Å². The standard InChI is InChI=1S/C30H25FN4O3S/c1-19-28-25(30(36)33-26-10-6-5-9-24(26)20-7-3-2-4-8-20)17-27(21-11-13-22(31)14-12-21)32-29(28)35(34-19)23-15-16-39(37,38)18-23/h2-14,17,23H,15-16,18H2,1H3,(H,33,36). The molecule has 0 aliphatic carbocycles. The average molecular weight is 541 g/mol. The molecule has 196 valence electrons. The highest BCUT2D eigenvalue weighted by molar-refractivity contribution is 7.91. The van der Waals surface area contributed by atoms with Gasteiger partial charge in [-0.2, -0.15) is 5.10 Å². The van der Waals surface area contributed by atoms with Crippen LogP contribution in [0.25, 0.3) is 33.4 Å². The van der Waals surface area contributed by atoms with Gasteiger partial charge >= 0.3 is 0 Å². The Morgan fingerprint density at radius 3 is 2.41 bits per heavy atom. The third-order valence-electron chi connectivity index (χ3n) is 7.04. The maximum absolute atomic E-state index is 13.9. The second-order valence-electron chi connectivity index (χ2n) is 9.71. The van der Waals surface area contributed by atoms with E-state index in [0.717, 1.165) is 11.1 Å². The van der Waals surface area contributed by atoms with Crippen LogP contribution >= 0.6 is 0 Å². The molecule has 5 aromatic rings. The van der Waals surface area contributed by atoms with E-state index < -0.39 is 9.84 Å². The summed E-state index contributed by atoms with van der Waals surface area (Å²) < 4.78 is 39.8. The lowest BCUT2D eigenvalue weighted by Gasteiger charge is -2.14. The highest BCUT2D eigenvalue weighted by Crippen LogP contribution is 2.33. The van der Waals surface area contributed by atoms with Crippen LogP contribution in [0.3, 0.4) is 0 Å². The zero-order valence-corrected chi connectivity index (χ0v) is 22.0. The molecule has 39 heavy (non-hydrogen) atoms. The molecule has 2 aromatic heterocycles. The second kappa shape index (κ2) is 9.74. The Hall–Kier alpha value is -4.37. The van der Waals surface area contributed by atoms with Crippen molar-refractivity contribution < 1.29 is 17.6 Å².